The fraction of sp³-hybridized carbons (Fsp3) is 0.441. The van der Waals surface area contributed by atoms with Crippen molar-refractivity contribution in [1.82, 2.24) is 9.97 Å². The lowest BCUT2D eigenvalue weighted by atomic mass is 10.0. The van der Waals surface area contributed by atoms with Crippen molar-refractivity contribution in [2.75, 3.05) is 65.3 Å². The molecule has 4 N–H and O–H groups in total. The van der Waals surface area contributed by atoms with Crippen molar-refractivity contribution in [3.63, 3.8) is 0 Å². The maximum atomic E-state index is 12.9. The average molecular weight is 1630 g/mol. The number of nitrogens with zero attached hydrogens (tertiary/aromatic N) is 6. The van der Waals surface area contributed by atoms with E-state index in [4.69, 9.17) is 67.0 Å². The number of methoxy groups -OCH3 is 1. The minimum Gasteiger partial charge on any atom is -1.00 e. The number of carbonyl (C=O) groups is 4. The normalized spacial score (nSPS) is 18.1. The number of aliphatic hydroxyl groups excluding tert-OH is 1. The van der Waals surface area contributed by atoms with Crippen LogP contribution in [-0.4, -0.2) is 199 Å². The number of thiazole rings is 2. The minimum atomic E-state index is -3.33. The first kappa shape index (κ1) is 82.3. The Labute approximate surface area is 631 Å². The predicted molar refractivity (Wildman–Crippen MR) is 391 cm³/mol. The van der Waals surface area contributed by atoms with Gasteiger partial charge < -0.3 is 55.0 Å². The molecule has 0 spiro atoms. The number of rotatable bonds is 32. The molecule has 2 atom stereocenters. The molecule has 6 aromatic rings. The molecule has 106 heavy (non-hydrogen) atoms. The van der Waals surface area contributed by atoms with Gasteiger partial charge in [0.15, 0.2) is 85.7 Å². The number of Topliss-reactive ketones (excluding diaryl/α,β-unsaturated/α-hetero) is 1. The molecule has 30 nitrogen and oxygen atoms in total. The molecular formula is C68H78Cl2N7O23S6-. The number of ether oxygens (including phenoxy) is 5. The van der Waals surface area contributed by atoms with Gasteiger partial charge in [0.05, 0.1) is 86.3 Å². The van der Waals surface area contributed by atoms with E-state index in [-0.39, 0.29) is 135 Å². The smallest absolute Gasteiger partial charge is 0.360 e. The summed E-state index contributed by atoms with van der Waals surface area (Å²) in [5, 5.41) is 43.6. The molecule has 6 fully saturated rings. The first-order chi connectivity index (χ1) is 50.8. The maximum Gasteiger partial charge on any atom is 0.360 e. The van der Waals surface area contributed by atoms with E-state index in [0.717, 1.165) is 49.9 Å². The van der Waals surface area contributed by atoms with Crippen LogP contribution in [0.5, 0.6) is 0 Å². The highest BCUT2D eigenvalue weighted by Crippen LogP contribution is 2.37. The summed E-state index contributed by atoms with van der Waals surface area (Å²) in [6.07, 6.45) is 13.7. The highest BCUT2D eigenvalue weighted by Gasteiger charge is 2.40. The first-order valence-corrected chi connectivity index (χ1v) is 42.1. The Balaban J connectivity index is 0.000000182. The van der Waals surface area contributed by atoms with Crippen molar-refractivity contribution in [2.45, 2.75) is 149 Å². The summed E-state index contributed by atoms with van der Waals surface area (Å²) in [6, 6.07) is 23.4. The number of hydrogen-bond donors (Lipinski definition) is 4. The van der Waals surface area contributed by atoms with Gasteiger partial charge >= 0.3 is 11.9 Å². The molecule has 0 radical (unpaired) electrons. The number of carboxylic acid groups (broad SMARTS) is 1. The van der Waals surface area contributed by atoms with Gasteiger partial charge in [-0.2, -0.15) is 0 Å². The van der Waals surface area contributed by atoms with E-state index in [9.17, 15) is 58.0 Å². The predicted octanol–water partition coefficient (Wildman–Crippen LogP) is 8.95. The largest absolute Gasteiger partial charge is 1.00 e. The lowest BCUT2D eigenvalue weighted by Crippen LogP contribution is -2.25. The van der Waals surface area contributed by atoms with Gasteiger partial charge in [-0.1, -0.05) is 104 Å². The van der Waals surface area contributed by atoms with Crippen LogP contribution in [0.15, 0.2) is 150 Å². The van der Waals surface area contributed by atoms with Crippen LogP contribution in [0.4, 0.5) is 5.13 Å². The Morgan fingerprint density at radius 2 is 0.896 bits per heavy atom. The van der Waals surface area contributed by atoms with E-state index < -0.39 is 57.2 Å². The number of esters is 1. The Kier molecular flexibility index (Phi) is 30.2. The summed E-state index contributed by atoms with van der Waals surface area (Å²) in [5.74, 6) is -2.96. The summed E-state index contributed by atoms with van der Waals surface area (Å²) < 4.78 is 125. The summed E-state index contributed by atoms with van der Waals surface area (Å²) in [5.41, 5.74) is 0.850. The quantitative estimate of drug-likeness (QED) is 0.0101. The molecule has 12 rings (SSSR count). The van der Waals surface area contributed by atoms with Crippen LogP contribution in [0.1, 0.15) is 119 Å². The SMILES string of the molecule is COC(=O)/C(=N/O)c1ccc(S(=O)(=O)C2CC2)cc1.O=C(Cc1ncc(Cl)s1)/C(=N/OCCO)c1ccc(S(=O)(=O)C2CC2)cc1.O=C(Nc1ncc(Cl)s1)/C(=N/OCCOC1CCCCO1)c1ccc(S(=O)(=O)C2CC2)cc1.O=C(O)/C(=N/OCCOC1CCCCO1)c1ccc(S(=O)(=O)C2CC2)cc1.[2H-]. The van der Waals surface area contributed by atoms with E-state index in [1.807, 2.05) is 0 Å². The van der Waals surface area contributed by atoms with Gasteiger partial charge in [-0.15, -0.1) is 11.3 Å². The Morgan fingerprint density at radius 1 is 0.519 bits per heavy atom. The van der Waals surface area contributed by atoms with Crippen LogP contribution >= 0.6 is 45.9 Å². The van der Waals surface area contributed by atoms with Crippen LogP contribution in [0.3, 0.4) is 0 Å². The molecule has 4 saturated carbocycles. The molecule has 2 aliphatic heterocycles. The van der Waals surface area contributed by atoms with E-state index in [1.54, 1.807) is 0 Å². The topological polar surface area (TPSA) is 427 Å². The molecule has 0 bridgehead atoms. The first-order valence-electron chi connectivity index (χ1n) is 33.5. The number of aromatic nitrogens is 2. The molecule has 4 aliphatic carbocycles. The molecule has 38 heteroatoms. The van der Waals surface area contributed by atoms with Gasteiger partial charge in [-0.05, 0) is 138 Å². The van der Waals surface area contributed by atoms with Crippen LogP contribution in [0, 0.1) is 0 Å². The second-order valence-corrected chi connectivity index (χ2v) is 36.6. The molecular weight excluding hydrogens is 1550 g/mol. The minimum absolute atomic E-state index is 0. The number of benzene rings is 4. The van der Waals surface area contributed by atoms with Gasteiger partial charge in [-0.3, -0.25) is 14.9 Å². The third-order valence-electron chi connectivity index (χ3n) is 16.3. The molecule has 2 unspecified atom stereocenters. The number of carbonyl (C=O) groups excluding carboxylic acids is 3. The molecule has 2 saturated heterocycles. The zero-order valence-electron chi connectivity index (χ0n) is 58.0. The van der Waals surface area contributed by atoms with Crippen molar-refractivity contribution in [2.24, 2.45) is 20.6 Å². The Morgan fingerprint density at radius 3 is 1.25 bits per heavy atom. The fourth-order valence-electron chi connectivity index (χ4n) is 10.1. The lowest BCUT2D eigenvalue weighted by molar-refractivity contribution is -0.169. The second kappa shape index (κ2) is 38.9. The number of aliphatic carboxylic acids is 1. The number of nitrogens with one attached hydrogen (secondary N) is 1. The van der Waals surface area contributed by atoms with Crippen molar-refractivity contribution in [1.29, 1.82) is 0 Å². The summed E-state index contributed by atoms with van der Waals surface area (Å²) in [4.78, 5) is 72.5. The van der Waals surface area contributed by atoms with Crippen molar-refractivity contribution < 1.29 is 108 Å². The Hall–Kier alpha value is -7.72. The number of oxime groups is 4. The second-order valence-electron chi connectivity index (χ2n) is 24.3. The number of anilines is 1. The number of hydrogen-bond acceptors (Lipinski definition) is 30. The molecule has 574 valence electrons. The highest BCUT2D eigenvalue weighted by atomic mass is 35.5. The van der Waals surface area contributed by atoms with Crippen LogP contribution < -0.4 is 5.32 Å². The lowest BCUT2D eigenvalue weighted by Gasteiger charge is -2.22. The zero-order chi connectivity index (χ0) is 76.0. The van der Waals surface area contributed by atoms with Crippen LogP contribution in [0.25, 0.3) is 0 Å². The van der Waals surface area contributed by atoms with E-state index >= 15 is 0 Å². The summed E-state index contributed by atoms with van der Waals surface area (Å²) >= 11 is 14.0. The van der Waals surface area contributed by atoms with Gasteiger partial charge in [0, 0.05) is 35.5 Å². The molecule has 6 aliphatic rings. The Bertz CT molecular complexity index is 4600. The van der Waals surface area contributed by atoms with E-state index in [1.165, 1.54) is 128 Å². The van der Waals surface area contributed by atoms with Crippen molar-refractivity contribution in [3.05, 3.63) is 145 Å². The number of halogens is 2. The molecule has 1 amide bonds. The summed E-state index contributed by atoms with van der Waals surface area (Å²) in [7, 11) is -12.0. The van der Waals surface area contributed by atoms with Gasteiger partial charge in [0.25, 0.3) is 5.91 Å². The molecule has 4 heterocycles. The van der Waals surface area contributed by atoms with Gasteiger partial charge in [-0.25, -0.2) is 53.2 Å². The standard InChI is InChI=1S/C21H24ClN3O6S2.C18H23NO7S.C17H17ClN2O5S2.C12H13NO5S.H/c22-17-13-23-21(32-17)24-20(26)19(25-31-12-11-30-18-3-1-2-10-29-18)14-4-6-15(7-5-14)33(27,28)16-8-9-16;20-18(21)17(19-26-12-11-25-16-3-1-2-10-24-16)13-4-6-14(7-5-13)27(22,23)15-8-9-15;18-15-10-19-16(26-15)9-14(22)17(20-25-8-7-21)11-1-3-12(4-2-11)27(23,24)13-5-6-13;1-18-12(14)11(13-15)8-2-4-9(5-3-8)19(16,17)10-6-7-10;/h4-7,13,16,18H,1-3,8-12H2,(H,23,24,26);4-7,15-16H,1-3,8-12H2,(H,20,21);1-4,10,13,21H,5-9H2;2-5,10,15H,6-7H2,1H3;/q;;;;-1/b25-19+;19-17+;20-17+;13-11+;/i;;;;1+1. The van der Waals surface area contributed by atoms with Crippen molar-refractivity contribution >= 4 is 137 Å². The number of carboxylic acids is 1. The fourth-order valence-corrected chi connectivity index (χ4v) is 18.5. The average Bonchev–Trinajstić information content (AvgIpc) is 1.69. The number of sulfone groups is 4. The number of amides is 1. The van der Waals surface area contributed by atoms with E-state index in [0.29, 0.717) is 100 Å². The highest BCUT2D eigenvalue weighted by molar-refractivity contribution is 7.93. The van der Waals surface area contributed by atoms with E-state index in [2.05, 4.69) is 40.6 Å². The van der Waals surface area contributed by atoms with Crippen LogP contribution in [-0.2, 0) is 103 Å². The van der Waals surface area contributed by atoms with Gasteiger partial charge in [0.1, 0.15) is 33.5 Å². The molecule has 2 aromatic heterocycles. The van der Waals surface area contributed by atoms with Crippen LogP contribution in [0.2, 0.25) is 8.67 Å². The number of aliphatic hydroxyl groups is 1. The third-order valence-corrected chi connectivity index (χ3v) is 27.5. The number of ketones is 1. The van der Waals surface area contributed by atoms with Crippen molar-refractivity contribution in [3.8, 4) is 0 Å². The maximum absolute atomic E-state index is 12.9. The molecule has 4 aromatic carbocycles. The zero-order valence-corrected chi connectivity index (χ0v) is 63.4. The monoisotopic (exact) mass is 1620 g/mol. The van der Waals surface area contributed by atoms with Gasteiger partial charge in [0.2, 0.25) is 0 Å². The third kappa shape index (κ3) is 23.9. The summed E-state index contributed by atoms with van der Waals surface area (Å²) in [6.45, 7) is 1.75.